The van der Waals surface area contributed by atoms with Crippen LogP contribution in [0.5, 0.6) is 0 Å². The number of aromatic nitrogens is 3. The van der Waals surface area contributed by atoms with Crippen molar-refractivity contribution in [2.45, 2.75) is 19.4 Å². The summed E-state index contributed by atoms with van der Waals surface area (Å²) in [6.45, 7) is 0.983. The van der Waals surface area contributed by atoms with Gasteiger partial charge in [0.05, 0.1) is 0 Å². The highest BCUT2D eigenvalue weighted by Gasteiger charge is 2.41. The van der Waals surface area contributed by atoms with Gasteiger partial charge in [0.1, 0.15) is 12.7 Å². The standard InChI is InChI=1S/C7H11N3S/c11-4-7(1-2-7)3-10-6-8-5-9-10/h5-6,11H,1-4H2. The summed E-state index contributed by atoms with van der Waals surface area (Å²) in [4.78, 5) is 3.90. The molecule has 1 aliphatic carbocycles. The Kier molecular flexibility index (Phi) is 1.64. The minimum absolute atomic E-state index is 0.441. The van der Waals surface area contributed by atoms with Gasteiger partial charge in [-0.15, -0.1) is 0 Å². The van der Waals surface area contributed by atoms with Gasteiger partial charge in [-0.25, -0.2) is 4.98 Å². The minimum atomic E-state index is 0.441. The van der Waals surface area contributed by atoms with Crippen LogP contribution in [0.1, 0.15) is 12.8 Å². The van der Waals surface area contributed by atoms with Gasteiger partial charge in [0, 0.05) is 6.54 Å². The van der Waals surface area contributed by atoms with Gasteiger partial charge in [0.15, 0.2) is 0 Å². The second kappa shape index (κ2) is 2.52. The summed E-state index contributed by atoms with van der Waals surface area (Å²) in [6.07, 6.45) is 5.92. The first-order valence-electron chi connectivity index (χ1n) is 3.78. The summed E-state index contributed by atoms with van der Waals surface area (Å²) in [5, 5.41) is 4.06. The monoisotopic (exact) mass is 169 g/mol. The van der Waals surface area contributed by atoms with E-state index in [-0.39, 0.29) is 0 Å². The Balaban J connectivity index is 2.01. The first-order chi connectivity index (χ1) is 5.35. The first kappa shape index (κ1) is 7.16. The summed E-state index contributed by atoms with van der Waals surface area (Å²) in [7, 11) is 0. The molecule has 0 saturated heterocycles. The maximum Gasteiger partial charge on any atom is 0.137 e. The molecule has 1 aliphatic rings. The third-order valence-electron chi connectivity index (χ3n) is 2.26. The van der Waals surface area contributed by atoms with E-state index in [9.17, 15) is 0 Å². The van der Waals surface area contributed by atoms with E-state index < -0.39 is 0 Å². The zero-order chi connectivity index (χ0) is 7.73. The molecule has 0 bridgehead atoms. The Morgan fingerprint density at radius 1 is 1.55 bits per heavy atom. The number of hydrogen-bond acceptors (Lipinski definition) is 3. The average molecular weight is 169 g/mol. The summed E-state index contributed by atoms with van der Waals surface area (Å²) in [5.74, 6) is 0.965. The van der Waals surface area contributed by atoms with E-state index in [1.54, 1.807) is 12.7 Å². The lowest BCUT2D eigenvalue weighted by Crippen LogP contribution is -2.13. The predicted octanol–water partition coefficient (Wildman–Crippen LogP) is 0.988. The normalized spacial score (nSPS) is 20.1. The Bertz CT molecular complexity index is 228. The summed E-state index contributed by atoms with van der Waals surface area (Å²) >= 11 is 4.31. The lowest BCUT2D eigenvalue weighted by atomic mass is 10.1. The molecule has 0 spiro atoms. The number of hydrogen-bond donors (Lipinski definition) is 1. The van der Waals surface area contributed by atoms with E-state index >= 15 is 0 Å². The minimum Gasteiger partial charge on any atom is -0.252 e. The molecular weight excluding hydrogens is 158 g/mol. The van der Waals surface area contributed by atoms with Crippen LogP contribution in [0.4, 0.5) is 0 Å². The smallest absolute Gasteiger partial charge is 0.137 e. The molecule has 4 heteroatoms. The third-order valence-corrected chi connectivity index (χ3v) is 2.93. The zero-order valence-electron chi connectivity index (χ0n) is 6.27. The molecule has 60 valence electrons. The fourth-order valence-electron chi connectivity index (χ4n) is 1.20. The summed E-state index contributed by atoms with van der Waals surface area (Å²) in [6, 6.07) is 0. The zero-order valence-corrected chi connectivity index (χ0v) is 7.17. The van der Waals surface area contributed by atoms with Crippen LogP contribution in [-0.4, -0.2) is 20.5 Å². The van der Waals surface area contributed by atoms with Crippen molar-refractivity contribution in [3.8, 4) is 0 Å². The molecule has 1 heterocycles. The molecule has 0 unspecified atom stereocenters. The average Bonchev–Trinajstić information content (AvgIpc) is 2.59. The topological polar surface area (TPSA) is 30.7 Å². The van der Waals surface area contributed by atoms with Gasteiger partial charge in [0.25, 0.3) is 0 Å². The van der Waals surface area contributed by atoms with Gasteiger partial charge in [-0.05, 0) is 24.0 Å². The largest absolute Gasteiger partial charge is 0.252 e. The van der Waals surface area contributed by atoms with Gasteiger partial charge in [-0.3, -0.25) is 4.68 Å². The highest BCUT2D eigenvalue weighted by Crippen LogP contribution is 2.47. The van der Waals surface area contributed by atoms with Gasteiger partial charge in [0.2, 0.25) is 0 Å². The van der Waals surface area contributed by atoms with Crippen molar-refractivity contribution in [3.05, 3.63) is 12.7 Å². The SMILES string of the molecule is SCC1(Cn2cncn2)CC1. The van der Waals surface area contributed by atoms with Crippen molar-refractivity contribution in [1.82, 2.24) is 14.8 Å². The van der Waals surface area contributed by atoms with Crippen LogP contribution in [0.15, 0.2) is 12.7 Å². The van der Waals surface area contributed by atoms with Crippen molar-refractivity contribution in [2.24, 2.45) is 5.41 Å². The Labute approximate surface area is 71.2 Å². The van der Waals surface area contributed by atoms with E-state index in [0.717, 1.165) is 12.3 Å². The van der Waals surface area contributed by atoms with E-state index in [1.807, 2.05) is 4.68 Å². The molecule has 1 fully saturated rings. The molecule has 0 N–H and O–H groups in total. The molecule has 0 amide bonds. The number of rotatable bonds is 3. The van der Waals surface area contributed by atoms with Gasteiger partial charge in [-0.2, -0.15) is 17.7 Å². The van der Waals surface area contributed by atoms with Crippen molar-refractivity contribution in [3.63, 3.8) is 0 Å². The third kappa shape index (κ3) is 1.40. The maximum absolute atomic E-state index is 4.31. The molecule has 0 atom stereocenters. The number of nitrogens with zero attached hydrogens (tertiary/aromatic N) is 3. The molecule has 2 rings (SSSR count). The predicted molar refractivity (Wildman–Crippen MR) is 45.5 cm³/mol. The van der Waals surface area contributed by atoms with Gasteiger partial charge in [-0.1, -0.05) is 0 Å². The molecule has 0 aliphatic heterocycles. The van der Waals surface area contributed by atoms with Crippen LogP contribution in [0.25, 0.3) is 0 Å². The van der Waals surface area contributed by atoms with Crippen molar-refractivity contribution in [1.29, 1.82) is 0 Å². The van der Waals surface area contributed by atoms with E-state index in [4.69, 9.17) is 0 Å². The highest BCUT2D eigenvalue weighted by molar-refractivity contribution is 7.80. The van der Waals surface area contributed by atoms with E-state index in [0.29, 0.717) is 5.41 Å². The second-order valence-electron chi connectivity index (χ2n) is 3.25. The molecule has 0 radical (unpaired) electrons. The first-order valence-corrected chi connectivity index (χ1v) is 4.41. The molecule has 1 aromatic rings. The van der Waals surface area contributed by atoms with Crippen molar-refractivity contribution >= 4 is 12.6 Å². The summed E-state index contributed by atoms with van der Waals surface area (Å²) < 4.78 is 1.89. The van der Waals surface area contributed by atoms with Crippen LogP contribution in [0.2, 0.25) is 0 Å². The molecule has 3 nitrogen and oxygen atoms in total. The number of thiol groups is 1. The van der Waals surface area contributed by atoms with Crippen molar-refractivity contribution < 1.29 is 0 Å². The van der Waals surface area contributed by atoms with Gasteiger partial charge < -0.3 is 0 Å². The molecule has 11 heavy (non-hydrogen) atoms. The second-order valence-corrected chi connectivity index (χ2v) is 3.57. The van der Waals surface area contributed by atoms with Crippen LogP contribution in [-0.2, 0) is 6.54 Å². The Morgan fingerprint density at radius 3 is 2.82 bits per heavy atom. The van der Waals surface area contributed by atoms with Crippen LogP contribution >= 0.6 is 12.6 Å². The highest BCUT2D eigenvalue weighted by atomic mass is 32.1. The molecule has 0 aromatic carbocycles. The maximum atomic E-state index is 4.31. The Morgan fingerprint density at radius 2 is 2.36 bits per heavy atom. The van der Waals surface area contributed by atoms with Crippen LogP contribution in [0.3, 0.4) is 0 Å². The quantitative estimate of drug-likeness (QED) is 0.684. The van der Waals surface area contributed by atoms with Crippen molar-refractivity contribution in [2.75, 3.05) is 5.75 Å². The molecule has 1 aromatic heterocycles. The lowest BCUT2D eigenvalue weighted by molar-refractivity contribution is 0.439. The Hall–Kier alpha value is -0.510. The van der Waals surface area contributed by atoms with Gasteiger partial charge >= 0.3 is 0 Å². The van der Waals surface area contributed by atoms with Crippen LogP contribution < -0.4 is 0 Å². The fourth-order valence-corrected chi connectivity index (χ4v) is 1.62. The summed E-state index contributed by atoms with van der Waals surface area (Å²) in [5.41, 5.74) is 0.441. The van der Waals surface area contributed by atoms with E-state index in [2.05, 4.69) is 22.7 Å². The van der Waals surface area contributed by atoms with Crippen LogP contribution in [0, 0.1) is 5.41 Å². The van der Waals surface area contributed by atoms with E-state index in [1.165, 1.54) is 12.8 Å². The molecular formula is C7H11N3S. The molecule has 1 saturated carbocycles. The lowest BCUT2D eigenvalue weighted by Gasteiger charge is -2.09. The fraction of sp³-hybridized carbons (Fsp3) is 0.714.